The van der Waals surface area contributed by atoms with Crippen molar-refractivity contribution in [1.29, 1.82) is 0 Å². The van der Waals surface area contributed by atoms with Crippen LogP contribution in [0.5, 0.6) is 0 Å². The van der Waals surface area contributed by atoms with Crippen LogP contribution in [-0.2, 0) is 4.74 Å². The summed E-state index contributed by atoms with van der Waals surface area (Å²) >= 11 is 8.45. The fraction of sp³-hybridized carbons (Fsp3) is 1.00. The zero-order valence-corrected chi connectivity index (χ0v) is 22.4. The summed E-state index contributed by atoms with van der Waals surface area (Å²) in [5.74, 6) is 6.27. The van der Waals surface area contributed by atoms with Crippen molar-refractivity contribution in [2.45, 2.75) is 79.8 Å². The third-order valence-corrected chi connectivity index (χ3v) is 16.0. The van der Waals surface area contributed by atoms with Gasteiger partial charge in [0.05, 0.1) is 20.4 Å². The van der Waals surface area contributed by atoms with Crippen molar-refractivity contribution >= 4 is 47.0 Å². The van der Waals surface area contributed by atoms with Gasteiger partial charge in [-0.3, -0.25) is 0 Å². The van der Waals surface area contributed by atoms with Gasteiger partial charge in [-0.1, -0.05) is 27.7 Å². The molecule has 0 aromatic heterocycles. The van der Waals surface area contributed by atoms with E-state index < -0.39 is 0 Å². The summed E-state index contributed by atoms with van der Waals surface area (Å²) in [6.07, 6.45) is 3.14. The van der Waals surface area contributed by atoms with Crippen molar-refractivity contribution in [3.05, 3.63) is 0 Å². The van der Waals surface area contributed by atoms with Crippen LogP contribution in [0.25, 0.3) is 0 Å². The van der Waals surface area contributed by atoms with E-state index in [0.717, 1.165) is 25.7 Å². The summed E-state index contributed by atoms with van der Waals surface area (Å²) in [6.45, 7) is 9.15. The van der Waals surface area contributed by atoms with Crippen LogP contribution in [0, 0.1) is 29.1 Å². The Kier molecular flexibility index (Phi) is 7.44. The summed E-state index contributed by atoms with van der Waals surface area (Å²) in [6, 6.07) is 0. The van der Waals surface area contributed by atoms with E-state index in [-0.39, 0.29) is 37.8 Å². The molecule has 2 aliphatic heterocycles. The molecule has 2 saturated carbocycles. The van der Waals surface area contributed by atoms with Gasteiger partial charge >= 0.3 is 0 Å². The van der Waals surface area contributed by atoms with Gasteiger partial charge in [-0.15, -0.1) is 47.0 Å². The Morgan fingerprint density at radius 2 is 1.40 bits per heavy atom. The monoisotopic (exact) mass is 492 g/mol. The molecule has 7 atom stereocenters. The summed E-state index contributed by atoms with van der Waals surface area (Å²) in [5.41, 5.74) is -0.135. The van der Waals surface area contributed by atoms with Crippen LogP contribution in [0.3, 0.4) is 0 Å². The topological polar surface area (TPSA) is 49.7 Å². The maximum atomic E-state index is 11.7. The highest BCUT2D eigenvalue weighted by Gasteiger charge is 2.69. The maximum Gasteiger partial charge on any atom is 0.105 e. The molecule has 0 radical (unpaired) electrons. The van der Waals surface area contributed by atoms with Crippen molar-refractivity contribution in [2.24, 2.45) is 29.1 Å². The van der Waals surface area contributed by atoms with E-state index in [2.05, 4.69) is 74.7 Å². The van der Waals surface area contributed by atoms with Crippen molar-refractivity contribution in [1.82, 2.24) is 0 Å². The predicted molar refractivity (Wildman–Crippen MR) is 136 cm³/mol. The Morgan fingerprint density at radius 1 is 0.833 bits per heavy atom. The largest absolute Gasteiger partial charge is 0.393 e. The van der Waals surface area contributed by atoms with Gasteiger partial charge in [-0.2, -0.15) is 0 Å². The predicted octanol–water partition coefficient (Wildman–Crippen LogP) is 5.19. The van der Waals surface area contributed by atoms with Gasteiger partial charge in [-0.25, -0.2) is 0 Å². The second-order valence-corrected chi connectivity index (χ2v) is 16.5. The molecule has 2 N–H and O–H groups in total. The fourth-order valence-corrected chi connectivity index (χ4v) is 15.0. The molecule has 4 aliphatic rings. The average molecular weight is 493 g/mol. The normalized spacial score (nSPS) is 45.5. The lowest BCUT2D eigenvalue weighted by Gasteiger charge is -2.62. The Labute approximate surface area is 200 Å². The molecule has 4 rings (SSSR count). The molecule has 2 aliphatic carbocycles. The number of hydrogen-bond donors (Lipinski definition) is 2. The number of aliphatic hydroxyl groups excluding tert-OH is 2. The zero-order valence-electron chi connectivity index (χ0n) is 19.1. The van der Waals surface area contributed by atoms with Crippen LogP contribution in [-0.4, -0.2) is 66.8 Å². The van der Waals surface area contributed by atoms with Crippen molar-refractivity contribution in [2.75, 3.05) is 30.1 Å². The number of aliphatic hydroxyl groups is 2. The SMILES string of the molecule is COC1C2(SCCS2)C(C)C2C(O)CCC(C)(C)C(O)CCC(C)C2C12SCCS2. The Bertz CT molecular complexity index is 603. The number of rotatable bonds is 1. The lowest BCUT2D eigenvalue weighted by molar-refractivity contribution is -0.0818. The molecular formula is C23H40O3S4. The molecule has 7 heteroatoms. The molecule has 0 aromatic rings. The first-order valence-electron chi connectivity index (χ1n) is 11.6. The van der Waals surface area contributed by atoms with Gasteiger partial charge in [0.15, 0.2) is 0 Å². The number of methoxy groups -OCH3 is 1. The third-order valence-electron chi connectivity index (χ3n) is 8.47. The van der Waals surface area contributed by atoms with Gasteiger partial charge in [0.2, 0.25) is 0 Å². The average Bonchev–Trinajstić information content (AvgIpc) is 3.38. The van der Waals surface area contributed by atoms with E-state index >= 15 is 0 Å². The highest BCUT2D eigenvalue weighted by molar-refractivity contribution is 8.23. The first-order valence-corrected chi connectivity index (χ1v) is 15.6. The maximum absolute atomic E-state index is 11.7. The van der Waals surface area contributed by atoms with Crippen LogP contribution in [0.15, 0.2) is 0 Å². The molecule has 0 aromatic carbocycles. The standard InChI is InChI=1S/C23H40O3S4/c1-14-6-7-17(25)21(3,4)9-8-16(24)18-15(2)22(27-10-11-28-22)20(26-5)23(19(14)18)29-12-13-30-23/h14-20,24-25H,6-13H2,1-5H3. The van der Waals surface area contributed by atoms with E-state index in [1.165, 1.54) is 23.0 Å². The molecule has 0 amide bonds. The van der Waals surface area contributed by atoms with Crippen LogP contribution >= 0.6 is 47.0 Å². The number of fused-ring (bicyclic) bond motifs is 2. The second kappa shape index (κ2) is 9.14. The molecule has 30 heavy (non-hydrogen) atoms. The lowest BCUT2D eigenvalue weighted by Crippen LogP contribution is -2.67. The minimum Gasteiger partial charge on any atom is -0.393 e. The minimum atomic E-state index is -0.313. The molecular weight excluding hydrogens is 453 g/mol. The van der Waals surface area contributed by atoms with E-state index in [1.807, 2.05) is 7.11 Å². The highest BCUT2D eigenvalue weighted by Crippen LogP contribution is 2.71. The zero-order chi connectivity index (χ0) is 21.7. The van der Waals surface area contributed by atoms with E-state index in [4.69, 9.17) is 4.74 Å². The van der Waals surface area contributed by atoms with E-state index in [9.17, 15) is 10.2 Å². The van der Waals surface area contributed by atoms with Crippen molar-refractivity contribution < 1.29 is 14.9 Å². The third kappa shape index (κ3) is 3.82. The molecule has 4 fully saturated rings. The van der Waals surface area contributed by atoms with Crippen molar-refractivity contribution in [3.63, 3.8) is 0 Å². The summed E-state index contributed by atoms with van der Waals surface area (Å²) in [5, 5.41) is 22.6. The number of hydrogen-bond acceptors (Lipinski definition) is 7. The first kappa shape index (κ1) is 24.4. The fourth-order valence-electron chi connectivity index (χ4n) is 6.73. The summed E-state index contributed by atoms with van der Waals surface area (Å²) in [4.78, 5) is 0. The highest BCUT2D eigenvalue weighted by atomic mass is 32.2. The minimum absolute atomic E-state index is 0.0102. The van der Waals surface area contributed by atoms with Gasteiger partial charge in [-0.05, 0) is 54.8 Å². The number of thioether (sulfide) groups is 4. The second-order valence-electron chi connectivity index (χ2n) is 10.5. The Hall–Kier alpha value is 1.28. The molecule has 2 spiro atoms. The molecule has 3 nitrogen and oxygen atoms in total. The molecule has 2 saturated heterocycles. The molecule has 174 valence electrons. The van der Waals surface area contributed by atoms with Gasteiger partial charge in [0, 0.05) is 30.1 Å². The molecule has 2 heterocycles. The van der Waals surface area contributed by atoms with Crippen LogP contribution in [0.4, 0.5) is 0 Å². The first-order chi connectivity index (χ1) is 14.2. The van der Waals surface area contributed by atoms with E-state index in [0.29, 0.717) is 17.8 Å². The Morgan fingerprint density at radius 3 is 1.97 bits per heavy atom. The molecule has 0 bridgehead atoms. The smallest absolute Gasteiger partial charge is 0.105 e. The van der Waals surface area contributed by atoms with Crippen LogP contribution < -0.4 is 0 Å². The Balaban J connectivity index is 1.80. The van der Waals surface area contributed by atoms with Gasteiger partial charge < -0.3 is 14.9 Å². The van der Waals surface area contributed by atoms with E-state index in [1.54, 1.807) is 0 Å². The van der Waals surface area contributed by atoms with Gasteiger partial charge in [0.1, 0.15) is 6.10 Å². The van der Waals surface area contributed by atoms with Crippen LogP contribution in [0.2, 0.25) is 0 Å². The van der Waals surface area contributed by atoms with Gasteiger partial charge in [0.25, 0.3) is 0 Å². The van der Waals surface area contributed by atoms with Crippen LogP contribution in [0.1, 0.15) is 53.4 Å². The summed E-state index contributed by atoms with van der Waals surface area (Å²) < 4.78 is 6.49. The molecule has 7 unspecified atom stereocenters. The quantitative estimate of drug-likeness (QED) is 0.522. The lowest BCUT2D eigenvalue weighted by atomic mass is 9.61. The van der Waals surface area contributed by atoms with Crippen molar-refractivity contribution in [3.8, 4) is 0 Å². The number of ether oxygens (including phenoxy) is 1. The summed E-state index contributed by atoms with van der Waals surface area (Å²) in [7, 11) is 1.92.